The summed E-state index contributed by atoms with van der Waals surface area (Å²) < 4.78 is 86.5. The van der Waals surface area contributed by atoms with Gasteiger partial charge in [0.05, 0.1) is 15.5 Å². The van der Waals surface area contributed by atoms with Crippen molar-refractivity contribution in [2.45, 2.75) is 61.1 Å². The average Bonchev–Trinajstić information content (AvgIpc) is 0.987. The van der Waals surface area contributed by atoms with Gasteiger partial charge in [0.1, 0.15) is 0 Å². The molecule has 17 rings (SSSR count). The predicted molar refractivity (Wildman–Crippen MR) is 524 cm³/mol. The zero-order chi connectivity index (χ0) is 94.7. The van der Waals surface area contributed by atoms with Crippen LogP contribution < -0.4 is 5.32 Å². The first-order valence-corrected chi connectivity index (χ1v) is 48.4. The lowest BCUT2D eigenvalue weighted by Gasteiger charge is -2.48. The van der Waals surface area contributed by atoms with Crippen LogP contribution in [0.2, 0.25) is 0 Å². The highest BCUT2D eigenvalue weighted by Crippen LogP contribution is 2.46. The van der Waals surface area contributed by atoms with E-state index in [-0.39, 0.29) is 91.2 Å². The number of aromatic nitrogens is 2. The Morgan fingerprint density at radius 1 is 0.394 bits per heavy atom. The molecule has 0 radical (unpaired) electrons. The number of carbonyl (C=O) groups is 8. The highest BCUT2D eigenvalue weighted by atomic mass is 35.5. The number of hydrogen-bond acceptors (Lipinski definition) is 19. The number of hydrogen-bond donors (Lipinski definition) is 4. The Morgan fingerprint density at radius 2 is 0.697 bits per heavy atom. The minimum Gasteiger partial charge on any atom is -0.478 e. The third-order valence-corrected chi connectivity index (χ3v) is 27.4. The van der Waals surface area contributed by atoms with Gasteiger partial charge in [-0.2, -0.15) is 51.6 Å². The van der Waals surface area contributed by atoms with Crippen molar-refractivity contribution in [2.75, 3.05) is 107 Å². The fourth-order valence-electron chi connectivity index (χ4n) is 14.4. The van der Waals surface area contributed by atoms with Crippen molar-refractivity contribution in [1.82, 2.24) is 39.8 Å². The lowest BCUT2D eigenvalue weighted by Crippen LogP contribution is -2.64. The van der Waals surface area contributed by atoms with Crippen LogP contribution in [-0.4, -0.2) is 210 Å². The first kappa shape index (κ1) is 104. The van der Waals surface area contributed by atoms with E-state index in [9.17, 15) is 64.7 Å². The molecule has 5 aliphatic rings. The van der Waals surface area contributed by atoms with Gasteiger partial charge in [-0.15, -0.1) is 69.4 Å². The van der Waals surface area contributed by atoms with E-state index in [1.807, 2.05) is 69.0 Å². The Kier molecular flexibility index (Phi) is 40.5. The number of rotatable bonds is 21. The molecular weight excluding hydrogens is 1850 g/mol. The number of alkyl halides is 8. The molecule has 5 aliphatic heterocycles. The van der Waals surface area contributed by atoms with Crippen molar-refractivity contribution in [3.8, 4) is 0 Å². The molecule has 690 valence electrons. The summed E-state index contributed by atoms with van der Waals surface area (Å²) in [5, 5.41) is 17.0. The number of amides is 3. The highest BCUT2D eigenvalue weighted by Gasteiger charge is 2.40. The SMILES string of the molecule is CC(=O)c1ccc(C(=O)c2ccccc2)cc1.CC(=O)c1ccc(C(F)(F)c2ccccc2)cc1.CC(=O)c1ccc(C(c2ccccc2)C2SCCS2)cc1.ClCCl.O=C(O)c1ccc(C(F)(F)c2ccccc2)cc1.O=C(c1ccc(C(F)(F)c2ccccc2)cc1)N1CC(N2CCN(C(=O)c3nccs3)CC2)C1.O=C(c1nccs1)N1CCN(C2CNC2)CC1.SCCS. The molecule has 0 bridgehead atoms. The molecule has 1 atom stereocenters. The second kappa shape index (κ2) is 51.6. The van der Waals surface area contributed by atoms with Gasteiger partial charge in [0.15, 0.2) is 33.1 Å². The van der Waals surface area contributed by atoms with Gasteiger partial charge < -0.3 is 25.1 Å². The summed E-state index contributed by atoms with van der Waals surface area (Å²) in [7, 11) is 0. The molecule has 132 heavy (non-hydrogen) atoms. The number of Topliss-reactive ketones (excluding diaryl/α,β-unsaturated/α-hetero) is 3. The lowest BCUT2D eigenvalue weighted by atomic mass is 9.92. The number of nitrogens with zero attached hydrogens (tertiary/aromatic N) is 7. The molecule has 3 amide bonds. The summed E-state index contributed by atoms with van der Waals surface area (Å²) >= 11 is 24.1. The molecule has 0 saturated carbocycles. The summed E-state index contributed by atoms with van der Waals surface area (Å²) in [6.45, 7) is 14.4. The molecular formula is C101H100Cl2F6N8O9S6. The number of benzene rings is 10. The predicted octanol–water partition coefficient (Wildman–Crippen LogP) is 21.2. The molecule has 2 N–H and O–H groups in total. The fourth-order valence-corrected chi connectivity index (χ4v) is 18.8. The molecule has 10 aromatic carbocycles. The van der Waals surface area contributed by atoms with Crippen LogP contribution in [0.5, 0.6) is 0 Å². The van der Waals surface area contributed by atoms with Crippen LogP contribution in [0.4, 0.5) is 26.3 Å². The Balaban J connectivity index is 0.000000165. The fraction of sp³-hybridized carbons (Fsp3) is 0.267. The van der Waals surface area contributed by atoms with Gasteiger partial charge in [-0.25, -0.2) is 14.8 Å². The molecule has 17 nitrogen and oxygen atoms in total. The minimum atomic E-state index is -3.13. The maximum absolute atomic E-state index is 14.7. The van der Waals surface area contributed by atoms with E-state index in [2.05, 4.69) is 92.8 Å². The number of carboxylic acid groups (broad SMARTS) is 1. The van der Waals surface area contributed by atoms with Crippen LogP contribution in [-0.2, 0) is 17.8 Å². The van der Waals surface area contributed by atoms with Crippen molar-refractivity contribution in [2.24, 2.45) is 0 Å². The van der Waals surface area contributed by atoms with Gasteiger partial charge in [0.2, 0.25) is 0 Å². The average molecular weight is 1950 g/mol. The number of carbonyl (C=O) groups excluding carboxylic acids is 7. The first-order valence-electron chi connectivity index (χ1n) is 42.2. The Hall–Kier alpha value is -10.5. The van der Waals surface area contributed by atoms with Gasteiger partial charge in [0.25, 0.3) is 35.5 Å². The zero-order valence-electron chi connectivity index (χ0n) is 72.5. The largest absolute Gasteiger partial charge is 0.478 e. The minimum absolute atomic E-state index is 0.00344. The van der Waals surface area contributed by atoms with E-state index < -0.39 is 23.7 Å². The van der Waals surface area contributed by atoms with Gasteiger partial charge >= 0.3 is 5.97 Å². The summed E-state index contributed by atoms with van der Waals surface area (Å²) in [6.07, 6.45) is 3.32. The number of nitrogens with one attached hydrogen (secondary N) is 1. The number of carboxylic acids is 1. The van der Waals surface area contributed by atoms with Crippen LogP contribution in [0.3, 0.4) is 0 Å². The Labute approximate surface area is 802 Å². The van der Waals surface area contributed by atoms with Crippen LogP contribution in [0.1, 0.15) is 159 Å². The van der Waals surface area contributed by atoms with Gasteiger partial charge in [0, 0.05) is 198 Å². The van der Waals surface area contributed by atoms with Gasteiger partial charge in [-0.3, -0.25) is 43.4 Å². The molecule has 7 heterocycles. The molecule has 12 aromatic rings. The number of thioether (sulfide) groups is 2. The number of piperazine rings is 2. The summed E-state index contributed by atoms with van der Waals surface area (Å²) in [5.74, 6) is -5.94. The lowest BCUT2D eigenvalue weighted by molar-refractivity contribution is 0.00843. The van der Waals surface area contributed by atoms with Crippen LogP contribution in [0, 0.1) is 0 Å². The molecule has 1 unspecified atom stereocenters. The molecule has 2 aromatic heterocycles. The normalized spacial score (nSPS) is 14.8. The number of aromatic carboxylic acids is 1. The maximum atomic E-state index is 14.7. The topological polar surface area (TPSA) is 211 Å². The summed E-state index contributed by atoms with van der Waals surface area (Å²) in [4.78, 5) is 112. The third kappa shape index (κ3) is 29.2. The number of likely N-dealkylation sites (tertiary alicyclic amines) is 1. The first-order chi connectivity index (χ1) is 63.6. The second-order valence-electron chi connectivity index (χ2n) is 30.5. The number of halogens is 8. The van der Waals surface area contributed by atoms with Crippen LogP contribution in [0.25, 0.3) is 0 Å². The molecule has 31 heteroatoms. The number of thiol groups is 2. The van der Waals surface area contributed by atoms with Crippen molar-refractivity contribution in [3.05, 3.63) is 390 Å². The van der Waals surface area contributed by atoms with E-state index in [1.165, 1.54) is 168 Å². The molecule has 5 saturated heterocycles. The zero-order valence-corrected chi connectivity index (χ0v) is 79.1. The van der Waals surface area contributed by atoms with E-state index in [0.29, 0.717) is 80.6 Å². The van der Waals surface area contributed by atoms with E-state index in [1.54, 1.807) is 108 Å². The van der Waals surface area contributed by atoms with E-state index in [0.717, 1.165) is 81.6 Å². The van der Waals surface area contributed by atoms with Crippen molar-refractivity contribution >= 4 is 141 Å². The quantitative estimate of drug-likeness (QED) is 0.0228. The van der Waals surface area contributed by atoms with E-state index >= 15 is 0 Å². The maximum Gasteiger partial charge on any atom is 0.335 e. The van der Waals surface area contributed by atoms with Crippen molar-refractivity contribution < 1.29 is 69.8 Å². The number of ketones is 4. The molecule has 0 spiro atoms. The molecule has 5 fully saturated rings. The Morgan fingerprint density at radius 3 is 1.03 bits per heavy atom. The summed E-state index contributed by atoms with van der Waals surface area (Å²) in [6, 6.07) is 74.0. The van der Waals surface area contributed by atoms with E-state index in [4.69, 9.17) is 28.3 Å². The van der Waals surface area contributed by atoms with Crippen LogP contribution in [0.15, 0.2) is 296 Å². The standard InChI is InChI=1S/C25H24F2N4O2S.C18H18OS2.C15H12F2O.C15H12O2.C14H10F2O2.C11H16N4OS.C2H6S2.CH2Cl2/c26-25(27,19-4-2-1-3-5-19)20-8-6-18(7-9-20)23(32)31-16-21(17-31)29-11-13-30(14-12-29)24(33)22-28-10-15-34-22;1-13(19)14-7-9-16(10-8-14)17(18-20-11-12-21-18)15-5-3-2-4-6-15;1-11(18)12-7-9-14(10-8-12)15(16,17)13-5-3-2-4-6-13;1-11(16)12-7-9-14(10-8-12)15(17)13-5-3-2-4-6-13;15-14(16,11-4-2-1-3-5-11)12-8-6-10(7-9-12)13(17)18;16-11(10-13-1-6-17-10)15-4-2-14(3-5-15)9-7-12-8-9;3-1-2-4;2-1-3/h1-10,15,21H,11-14,16-17H2;2-10,17-18H,11-12H2,1H3;2-10H,1H3;2-10H,1H3;1-9H,(H,17,18);1,6,9,12H,2-5,7-8H2;3-4H,1-2H2;1H2. The molecule has 0 aliphatic carbocycles. The second-order valence-corrected chi connectivity index (χ2v) is 36.8. The Bertz CT molecular complexity index is 5500. The highest BCUT2D eigenvalue weighted by molar-refractivity contribution is 8.20. The van der Waals surface area contributed by atoms with Crippen LogP contribution >= 0.6 is 94.7 Å². The van der Waals surface area contributed by atoms with Crippen molar-refractivity contribution in [3.63, 3.8) is 0 Å². The number of thiazole rings is 2. The summed E-state index contributed by atoms with van der Waals surface area (Å²) in [5.41, 5.74) is 5.44. The third-order valence-electron chi connectivity index (χ3n) is 21.9. The van der Waals surface area contributed by atoms with Gasteiger partial charge in [-0.05, 0) is 67.7 Å². The van der Waals surface area contributed by atoms with Crippen molar-refractivity contribution in [1.29, 1.82) is 0 Å². The van der Waals surface area contributed by atoms with Gasteiger partial charge in [-0.1, -0.05) is 249 Å². The smallest absolute Gasteiger partial charge is 0.335 e. The monoisotopic (exact) mass is 1940 g/mol.